The number of hydroxylamine groups is 2. The maximum atomic E-state index is 13.3. The smallest absolute Gasteiger partial charge is 0.423 e. The van der Waals surface area contributed by atoms with Crippen LogP contribution in [0.3, 0.4) is 0 Å². The van der Waals surface area contributed by atoms with E-state index in [2.05, 4.69) is 31.6 Å². The van der Waals surface area contributed by atoms with Crippen molar-refractivity contribution in [1.82, 2.24) is 21.6 Å². The molecule has 31 heavy (non-hydrogen) atoms. The minimum absolute atomic E-state index is 0.181. The van der Waals surface area contributed by atoms with Gasteiger partial charge in [0.1, 0.15) is 17.7 Å². The minimum Gasteiger partial charge on any atom is -0.423 e. The number of nitrogens with zero attached hydrogens (tertiary/aromatic N) is 1. The normalized spacial score (nSPS) is 12.5. The average Bonchev–Trinajstić information content (AvgIpc) is 2.76. The first-order chi connectivity index (χ1) is 14.8. The highest BCUT2D eigenvalue weighted by atomic mass is 79.9. The van der Waals surface area contributed by atoms with E-state index in [1.807, 2.05) is 11.0 Å². The van der Waals surface area contributed by atoms with E-state index in [-0.39, 0.29) is 21.7 Å². The summed E-state index contributed by atoms with van der Waals surface area (Å²) >= 11 is 3.04. The third-order valence-electron chi connectivity index (χ3n) is 4.18. The van der Waals surface area contributed by atoms with Crippen LogP contribution in [0.2, 0.25) is 0 Å². The van der Waals surface area contributed by atoms with Crippen LogP contribution >= 0.6 is 15.9 Å². The van der Waals surface area contributed by atoms with Crippen molar-refractivity contribution in [2.24, 2.45) is 4.99 Å². The topological polar surface area (TPSA) is 165 Å². The predicted octanol–water partition coefficient (Wildman–Crippen LogP) is -0.0191. The quantitative estimate of drug-likeness (QED) is 0.0522. The zero-order valence-corrected chi connectivity index (χ0v) is 17.9. The van der Waals surface area contributed by atoms with Crippen LogP contribution in [0.25, 0.3) is 0 Å². The maximum absolute atomic E-state index is 13.3. The van der Waals surface area contributed by atoms with Crippen molar-refractivity contribution in [1.29, 1.82) is 5.41 Å². The Balaban J connectivity index is 1.85. The molecule has 0 spiro atoms. The third-order valence-corrected chi connectivity index (χ3v) is 4.79. The second-order valence-corrected chi connectivity index (χ2v) is 7.25. The summed E-state index contributed by atoms with van der Waals surface area (Å²) in [6.07, 6.45) is -1.03. The highest BCUT2D eigenvalue weighted by Crippen LogP contribution is 2.22. The van der Waals surface area contributed by atoms with Crippen LogP contribution < -0.4 is 27.1 Å². The maximum Gasteiger partial charge on any atom is 0.488 e. The highest BCUT2D eigenvalue weighted by molar-refractivity contribution is 9.10. The van der Waals surface area contributed by atoms with E-state index in [4.69, 9.17) is 15.5 Å². The van der Waals surface area contributed by atoms with E-state index in [1.165, 1.54) is 18.2 Å². The van der Waals surface area contributed by atoms with Gasteiger partial charge in [0.25, 0.3) is 0 Å². The molecule has 0 heterocycles. The lowest BCUT2D eigenvalue weighted by Crippen LogP contribution is -2.53. The molecule has 0 aromatic heterocycles. The summed E-state index contributed by atoms with van der Waals surface area (Å²) < 4.78 is 13.5. The van der Waals surface area contributed by atoms with Gasteiger partial charge in [-0.15, -0.1) is 0 Å². The van der Waals surface area contributed by atoms with Gasteiger partial charge < -0.3 is 20.6 Å². The molecule has 0 radical (unpaired) electrons. The summed E-state index contributed by atoms with van der Waals surface area (Å²) in [5, 5.41) is 51.0. The fourth-order valence-corrected chi connectivity index (χ4v) is 2.89. The number of hydrogen-bond acceptors (Lipinski definition) is 9. The fourth-order valence-electron chi connectivity index (χ4n) is 2.52. The Morgan fingerprint density at radius 1 is 1.13 bits per heavy atom. The average molecular weight is 497 g/mol. The summed E-state index contributed by atoms with van der Waals surface area (Å²) in [5.41, 5.74) is 5.10. The van der Waals surface area contributed by atoms with Crippen LogP contribution in [-0.4, -0.2) is 58.4 Å². The molecular formula is C18H23BBrFN6O4. The molecule has 166 valence electrons. The first-order valence-corrected chi connectivity index (χ1v) is 9.96. The van der Waals surface area contributed by atoms with Gasteiger partial charge in [0.15, 0.2) is 5.84 Å². The van der Waals surface area contributed by atoms with Gasteiger partial charge in [0, 0.05) is 19.6 Å². The van der Waals surface area contributed by atoms with Crippen LogP contribution in [0, 0.1) is 11.2 Å². The molecule has 2 rings (SSSR count). The van der Waals surface area contributed by atoms with Crippen molar-refractivity contribution in [2.45, 2.75) is 12.7 Å². The molecular weight excluding hydrogens is 474 g/mol. The number of halogens is 2. The SMILES string of the molecule is N=C(C(=Nc1ccc(F)c(Br)c1)NO)C(NO)NCCNCc1ccc(B(O)O)cc1. The Labute approximate surface area is 186 Å². The summed E-state index contributed by atoms with van der Waals surface area (Å²) in [5.74, 6) is -0.713. The molecule has 0 fully saturated rings. The van der Waals surface area contributed by atoms with Gasteiger partial charge in [0.05, 0.1) is 10.2 Å². The highest BCUT2D eigenvalue weighted by Gasteiger charge is 2.18. The molecule has 1 unspecified atom stereocenters. The number of nitrogens with one attached hydrogen (secondary N) is 5. The van der Waals surface area contributed by atoms with Crippen LogP contribution in [0.1, 0.15) is 5.56 Å². The van der Waals surface area contributed by atoms with Crippen LogP contribution in [0.4, 0.5) is 10.1 Å². The number of hydrogen-bond donors (Lipinski definition) is 9. The number of rotatable bonds is 11. The second kappa shape index (κ2) is 12.6. The minimum atomic E-state index is -1.50. The Hall–Kier alpha value is -2.23. The van der Waals surface area contributed by atoms with Crippen LogP contribution in [0.15, 0.2) is 51.9 Å². The molecule has 10 nitrogen and oxygen atoms in total. The van der Waals surface area contributed by atoms with E-state index >= 15 is 0 Å². The monoisotopic (exact) mass is 496 g/mol. The van der Waals surface area contributed by atoms with Gasteiger partial charge in [-0.05, 0) is 45.2 Å². The molecule has 1 atom stereocenters. The van der Waals surface area contributed by atoms with Gasteiger partial charge in [-0.2, -0.15) is 5.48 Å². The summed E-state index contributed by atoms with van der Waals surface area (Å²) in [4.78, 5) is 4.04. The van der Waals surface area contributed by atoms with Crippen molar-refractivity contribution < 1.29 is 24.9 Å². The number of aliphatic imine (C=N–C) groups is 1. The first kappa shape index (κ1) is 25.0. The summed E-state index contributed by atoms with van der Waals surface area (Å²) in [6.45, 7) is 1.37. The fraction of sp³-hybridized carbons (Fsp3) is 0.222. The zero-order chi connectivity index (χ0) is 22.8. The lowest BCUT2D eigenvalue weighted by atomic mass is 9.80. The third kappa shape index (κ3) is 7.76. The van der Waals surface area contributed by atoms with Gasteiger partial charge in [-0.1, -0.05) is 24.3 Å². The van der Waals surface area contributed by atoms with Gasteiger partial charge in [-0.3, -0.25) is 21.4 Å². The van der Waals surface area contributed by atoms with Crippen LogP contribution in [-0.2, 0) is 6.54 Å². The lowest BCUT2D eigenvalue weighted by Gasteiger charge is -2.19. The Kier molecular flexibility index (Phi) is 10.2. The molecule has 2 aromatic carbocycles. The molecule has 0 aliphatic rings. The van der Waals surface area contributed by atoms with Crippen molar-refractivity contribution in [3.05, 3.63) is 58.3 Å². The van der Waals surface area contributed by atoms with E-state index in [1.54, 1.807) is 24.3 Å². The summed E-state index contributed by atoms with van der Waals surface area (Å²) in [6, 6.07) is 10.7. The molecule has 0 bridgehead atoms. The molecule has 9 N–H and O–H groups in total. The van der Waals surface area contributed by atoms with Crippen molar-refractivity contribution in [3.8, 4) is 0 Å². The molecule has 0 saturated heterocycles. The standard InChI is InChI=1S/C18H23BBrFN6O4/c20-14-9-13(5-6-15(14)21)25-18(27-31)16(22)17(26-30)24-8-7-23-10-11-1-3-12(4-2-11)19(28)29/h1-6,9,17,22-24,26,28-31H,7-8,10H2,(H,25,27). The molecule has 13 heteroatoms. The Morgan fingerprint density at radius 2 is 1.84 bits per heavy atom. The van der Waals surface area contributed by atoms with Crippen molar-refractivity contribution >= 4 is 45.7 Å². The van der Waals surface area contributed by atoms with Gasteiger partial charge in [0.2, 0.25) is 0 Å². The lowest BCUT2D eigenvalue weighted by molar-refractivity contribution is 0.137. The van der Waals surface area contributed by atoms with Crippen LogP contribution in [0.5, 0.6) is 0 Å². The van der Waals surface area contributed by atoms with E-state index in [0.717, 1.165) is 5.56 Å². The predicted molar refractivity (Wildman–Crippen MR) is 119 cm³/mol. The van der Waals surface area contributed by atoms with Crippen molar-refractivity contribution in [3.63, 3.8) is 0 Å². The number of amidine groups is 1. The molecule has 0 saturated carbocycles. The van der Waals surface area contributed by atoms with Gasteiger partial charge in [-0.25, -0.2) is 9.38 Å². The Bertz CT molecular complexity index is 903. The number of benzene rings is 2. The van der Waals surface area contributed by atoms with E-state index < -0.39 is 19.1 Å². The molecule has 0 aliphatic heterocycles. The first-order valence-electron chi connectivity index (χ1n) is 9.17. The summed E-state index contributed by atoms with van der Waals surface area (Å²) in [7, 11) is -1.50. The zero-order valence-electron chi connectivity index (χ0n) is 16.3. The second-order valence-electron chi connectivity index (χ2n) is 6.39. The van der Waals surface area contributed by atoms with E-state index in [0.29, 0.717) is 25.1 Å². The largest absolute Gasteiger partial charge is 0.488 e. The van der Waals surface area contributed by atoms with Crippen molar-refractivity contribution in [2.75, 3.05) is 13.1 Å². The molecule has 0 amide bonds. The molecule has 0 aliphatic carbocycles. The molecule has 2 aromatic rings. The Morgan fingerprint density at radius 3 is 2.42 bits per heavy atom. The van der Waals surface area contributed by atoms with E-state index in [9.17, 15) is 14.8 Å². The van der Waals surface area contributed by atoms with Gasteiger partial charge >= 0.3 is 7.12 Å².